The third-order valence-corrected chi connectivity index (χ3v) is 2.72. The minimum absolute atomic E-state index is 0.0336. The first-order valence-corrected chi connectivity index (χ1v) is 6.12. The van der Waals surface area contributed by atoms with Crippen molar-refractivity contribution in [3.05, 3.63) is 0 Å². The van der Waals surface area contributed by atoms with Gasteiger partial charge in [0.15, 0.2) is 0 Å². The summed E-state index contributed by atoms with van der Waals surface area (Å²) in [6.45, 7) is 0.0684. The molecule has 1 rings (SSSR count). The first kappa shape index (κ1) is 15.2. The number of carbonyl (C=O) groups is 1. The summed E-state index contributed by atoms with van der Waals surface area (Å²) in [5, 5.41) is 5.97. The molecular formula is C11H19F3N2O2. The lowest BCUT2D eigenvalue weighted by atomic mass is 10.1. The zero-order valence-electron chi connectivity index (χ0n) is 10.2. The summed E-state index contributed by atoms with van der Waals surface area (Å²) in [7, 11) is 0. The molecule has 1 aliphatic rings. The molecule has 4 nitrogen and oxygen atoms in total. The van der Waals surface area contributed by atoms with Crippen molar-refractivity contribution in [1.82, 2.24) is 10.6 Å². The summed E-state index contributed by atoms with van der Waals surface area (Å²) >= 11 is 0. The molecule has 0 radical (unpaired) electrons. The molecule has 106 valence electrons. The van der Waals surface area contributed by atoms with E-state index in [1.807, 2.05) is 0 Å². The molecule has 0 unspecified atom stereocenters. The maximum Gasteiger partial charge on any atom is 0.411 e. The Hall–Kier alpha value is -0.820. The summed E-state index contributed by atoms with van der Waals surface area (Å²) in [5.41, 5.74) is 0. The Kier molecular flexibility index (Phi) is 6.42. The highest BCUT2D eigenvalue weighted by atomic mass is 19.4. The average molecular weight is 268 g/mol. The van der Waals surface area contributed by atoms with Crippen molar-refractivity contribution in [3.63, 3.8) is 0 Å². The van der Waals surface area contributed by atoms with Crippen LogP contribution in [0.3, 0.4) is 0 Å². The van der Waals surface area contributed by atoms with E-state index in [0.717, 1.165) is 25.8 Å². The van der Waals surface area contributed by atoms with Crippen molar-refractivity contribution >= 4 is 5.91 Å². The van der Waals surface area contributed by atoms with E-state index in [1.165, 1.54) is 0 Å². The van der Waals surface area contributed by atoms with Gasteiger partial charge in [0.05, 0.1) is 6.61 Å². The van der Waals surface area contributed by atoms with E-state index in [4.69, 9.17) is 0 Å². The van der Waals surface area contributed by atoms with Crippen molar-refractivity contribution in [2.75, 3.05) is 26.3 Å². The van der Waals surface area contributed by atoms with Crippen LogP contribution in [0.25, 0.3) is 0 Å². The van der Waals surface area contributed by atoms with E-state index in [2.05, 4.69) is 15.4 Å². The highest BCUT2D eigenvalue weighted by Crippen LogP contribution is 2.14. The molecule has 2 N–H and O–H groups in total. The van der Waals surface area contributed by atoms with E-state index in [-0.39, 0.29) is 18.9 Å². The summed E-state index contributed by atoms with van der Waals surface area (Å²) in [4.78, 5) is 11.2. The molecule has 1 fully saturated rings. The second-order valence-corrected chi connectivity index (χ2v) is 4.35. The largest absolute Gasteiger partial charge is 0.411 e. The molecular weight excluding hydrogens is 249 g/mol. The number of alkyl halides is 3. The van der Waals surface area contributed by atoms with Gasteiger partial charge in [-0.15, -0.1) is 0 Å². The monoisotopic (exact) mass is 268 g/mol. The molecule has 1 aliphatic heterocycles. The molecule has 0 bridgehead atoms. The van der Waals surface area contributed by atoms with Gasteiger partial charge < -0.3 is 15.4 Å². The lowest BCUT2D eigenvalue weighted by molar-refractivity contribution is -0.174. The molecule has 1 amide bonds. The van der Waals surface area contributed by atoms with E-state index in [0.29, 0.717) is 12.6 Å². The van der Waals surface area contributed by atoms with Gasteiger partial charge in [-0.05, 0) is 25.8 Å². The number of ether oxygens (including phenoxy) is 1. The predicted molar refractivity (Wildman–Crippen MR) is 60.1 cm³/mol. The molecule has 0 aromatic carbocycles. The van der Waals surface area contributed by atoms with Crippen molar-refractivity contribution < 1.29 is 22.7 Å². The van der Waals surface area contributed by atoms with Gasteiger partial charge in [-0.3, -0.25) is 4.79 Å². The predicted octanol–water partition coefficient (Wildman–Crippen LogP) is 1.21. The molecule has 0 aromatic heterocycles. The summed E-state index contributed by atoms with van der Waals surface area (Å²) in [6.07, 6.45) is -1.23. The lowest BCUT2D eigenvalue weighted by Gasteiger charge is -2.11. The molecule has 1 saturated heterocycles. The van der Waals surface area contributed by atoms with Crippen molar-refractivity contribution in [3.8, 4) is 0 Å². The fourth-order valence-corrected chi connectivity index (χ4v) is 1.83. The van der Waals surface area contributed by atoms with Gasteiger partial charge in [0.25, 0.3) is 0 Å². The molecule has 18 heavy (non-hydrogen) atoms. The Morgan fingerprint density at radius 3 is 2.83 bits per heavy atom. The van der Waals surface area contributed by atoms with Gasteiger partial charge >= 0.3 is 6.18 Å². The van der Waals surface area contributed by atoms with Crippen LogP contribution in [0.5, 0.6) is 0 Å². The fourth-order valence-electron chi connectivity index (χ4n) is 1.83. The van der Waals surface area contributed by atoms with Gasteiger partial charge in [-0.2, -0.15) is 13.2 Å². The first-order valence-electron chi connectivity index (χ1n) is 6.12. The van der Waals surface area contributed by atoms with Crippen LogP contribution in [0.15, 0.2) is 0 Å². The highest BCUT2D eigenvalue weighted by molar-refractivity contribution is 5.75. The molecule has 0 aromatic rings. The number of rotatable bonds is 7. The minimum atomic E-state index is -4.33. The van der Waals surface area contributed by atoms with Crippen molar-refractivity contribution in [2.24, 2.45) is 0 Å². The average Bonchev–Trinajstić information content (AvgIpc) is 2.76. The fraction of sp³-hybridized carbons (Fsp3) is 0.909. The highest BCUT2D eigenvalue weighted by Gasteiger charge is 2.27. The Bertz CT molecular complexity index is 253. The van der Waals surface area contributed by atoms with Crippen molar-refractivity contribution in [1.29, 1.82) is 0 Å². The zero-order chi connectivity index (χ0) is 13.4. The summed E-state index contributed by atoms with van der Waals surface area (Å²) in [6, 6.07) is 0.451. The van der Waals surface area contributed by atoms with Gasteiger partial charge in [0.2, 0.25) is 5.91 Å². The number of nitrogens with one attached hydrogen (secondary N) is 2. The quantitative estimate of drug-likeness (QED) is 0.682. The van der Waals surface area contributed by atoms with E-state index < -0.39 is 12.8 Å². The van der Waals surface area contributed by atoms with E-state index in [1.54, 1.807) is 0 Å². The zero-order valence-corrected chi connectivity index (χ0v) is 10.2. The van der Waals surface area contributed by atoms with Crippen LogP contribution in [0, 0.1) is 0 Å². The first-order chi connectivity index (χ1) is 8.47. The number of halogens is 3. The smallest absolute Gasteiger partial charge is 0.372 e. The maximum absolute atomic E-state index is 11.7. The minimum Gasteiger partial charge on any atom is -0.372 e. The maximum atomic E-state index is 11.7. The van der Waals surface area contributed by atoms with E-state index in [9.17, 15) is 18.0 Å². The Morgan fingerprint density at radius 2 is 2.22 bits per heavy atom. The van der Waals surface area contributed by atoms with Crippen LogP contribution in [0.2, 0.25) is 0 Å². The standard InChI is InChI=1S/C11H19F3N2O2/c12-11(13,14)8-18-7-4-10(17)16-6-3-9-2-1-5-15-9/h9,15H,1-8H2,(H,16,17)/t9-/m0/s1. The Morgan fingerprint density at radius 1 is 1.44 bits per heavy atom. The normalized spacial score (nSPS) is 20.1. The molecule has 0 spiro atoms. The summed E-state index contributed by atoms with van der Waals surface area (Å²) < 4.78 is 39.5. The van der Waals surface area contributed by atoms with Gasteiger partial charge in [-0.25, -0.2) is 0 Å². The third kappa shape index (κ3) is 7.50. The number of hydrogen-bond donors (Lipinski definition) is 2. The number of amides is 1. The third-order valence-electron chi connectivity index (χ3n) is 2.72. The lowest BCUT2D eigenvalue weighted by Crippen LogP contribution is -2.31. The number of carbonyl (C=O) groups excluding carboxylic acids is 1. The molecule has 0 aliphatic carbocycles. The Balaban J connectivity index is 1.93. The topological polar surface area (TPSA) is 50.4 Å². The van der Waals surface area contributed by atoms with Crippen LogP contribution in [0.1, 0.15) is 25.7 Å². The van der Waals surface area contributed by atoms with Gasteiger partial charge in [0.1, 0.15) is 6.61 Å². The second-order valence-electron chi connectivity index (χ2n) is 4.35. The van der Waals surface area contributed by atoms with Gasteiger partial charge in [0, 0.05) is 19.0 Å². The van der Waals surface area contributed by atoms with Crippen LogP contribution in [-0.4, -0.2) is 44.4 Å². The number of hydrogen-bond acceptors (Lipinski definition) is 3. The van der Waals surface area contributed by atoms with Crippen molar-refractivity contribution in [2.45, 2.75) is 37.9 Å². The Labute approximate surface area is 104 Å². The van der Waals surface area contributed by atoms with Crippen LogP contribution >= 0.6 is 0 Å². The SMILES string of the molecule is O=C(CCOCC(F)(F)F)NCC[C@@H]1CCCN1. The van der Waals surface area contributed by atoms with Gasteiger partial charge in [-0.1, -0.05) is 0 Å². The molecule has 0 saturated carbocycles. The molecule has 1 heterocycles. The molecule has 1 atom stereocenters. The summed E-state index contributed by atoms with van der Waals surface area (Å²) in [5.74, 6) is -0.268. The van der Waals surface area contributed by atoms with Crippen LogP contribution < -0.4 is 10.6 Å². The van der Waals surface area contributed by atoms with Crippen LogP contribution in [0.4, 0.5) is 13.2 Å². The van der Waals surface area contributed by atoms with E-state index >= 15 is 0 Å². The second kappa shape index (κ2) is 7.58. The van der Waals surface area contributed by atoms with Crippen LogP contribution in [-0.2, 0) is 9.53 Å². The molecule has 7 heteroatoms.